The van der Waals surface area contributed by atoms with Crippen molar-refractivity contribution in [2.75, 3.05) is 6.26 Å². The standard InChI is InChI=1S/C13H11N3OS/c1-18(17)10-4-2-9(3-5-10)13-15-11-6-7-14-8-12(11)16-13/h2-8H,1H3,(H,15,16). The molecule has 2 heterocycles. The number of aromatic amines is 1. The molecule has 0 aliphatic carbocycles. The third kappa shape index (κ3) is 1.98. The smallest absolute Gasteiger partial charge is 0.152 e. The lowest BCUT2D eigenvalue weighted by Gasteiger charge is -2.03. The summed E-state index contributed by atoms with van der Waals surface area (Å²) in [6.07, 6.45) is 5.13. The summed E-state index contributed by atoms with van der Waals surface area (Å²) >= 11 is -0.949. The molecule has 1 unspecified atom stereocenters. The second kappa shape index (κ2) is 4.44. The van der Waals surface area contributed by atoms with Crippen molar-refractivity contribution in [2.45, 2.75) is 4.90 Å². The monoisotopic (exact) mass is 257 g/mol. The van der Waals surface area contributed by atoms with E-state index in [4.69, 9.17) is 0 Å². The fourth-order valence-electron chi connectivity index (χ4n) is 1.80. The van der Waals surface area contributed by atoms with Crippen LogP contribution in [0.2, 0.25) is 0 Å². The van der Waals surface area contributed by atoms with Gasteiger partial charge in [0, 0.05) is 11.8 Å². The average Bonchev–Trinajstić information content (AvgIpc) is 2.82. The van der Waals surface area contributed by atoms with Crippen LogP contribution in [0.5, 0.6) is 0 Å². The molecule has 90 valence electrons. The number of nitrogens with zero attached hydrogens (tertiary/aromatic N) is 2. The fourth-order valence-corrected chi connectivity index (χ4v) is 2.32. The Bertz CT molecular complexity index is 643. The van der Waals surface area contributed by atoms with Gasteiger partial charge in [-0.3, -0.25) is 4.98 Å². The van der Waals surface area contributed by atoms with Gasteiger partial charge in [-0.25, -0.2) is 4.98 Å². The van der Waals surface area contributed by atoms with Gasteiger partial charge >= 0.3 is 0 Å². The molecule has 5 heteroatoms. The summed E-state index contributed by atoms with van der Waals surface area (Å²) in [4.78, 5) is 12.5. The number of benzene rings is 1. The average molecular weight is 257 g/mol. The molecule has 0 spiro atoms. The van der Waals surface area contributed by atoms with Gasteiger partial charge in [0.2, 0.25) is 0 Å². The van der Waals surface area contributed by atoms with E-state index in [-0.39, 0.29) is 0 Å². The molecule has 3 aromatic rings. The van der Waals surface area contributed by atoms with Crippen molar-refractivity contribution in [3.8, 4) is 11.4 Å². The van der Waals surface area contributed by atoms with E-state index in [0.717, 1.165) is 27.3 Å². The Kier molecular flexibility index (Phi) is 2.77. The molecule has 0 bridgehead atoms. The van der Waals surface area contributed by atoms with Crippen LogP contribution >= 0.6 is 0 Å². The quantitative estimate of drug-likeness (QED) is 0.717. The predicted molar refractivity (Wildman–Crippen MR) is 71.7 cm³/mol. The topological polar surface area (TPSA) is 64.6 Å². The number of rotatable bonds is 2. The summed E-state index contributed by atoms with van der Waals surface area (Å²) in [7, 11) is 0. The SMILES string of the molecule is C[S+]([O-])c1ccc(-c2nc3cnccc3[nH]2)cc1. The second-order valence-corrected chi connectivity index (χ2v) is 5.34. The minimum absolute atomic E-state index is 0.798. The van der Waals surface area contributed by atoms with Gasteiger partial charge in [-0.1, -0.05) is 0 Å². The van der Waals surface area contributed by atoms with E-state index in [1.165, 1.54) is 0 Å². The van der Waals surface area contributed by atoms with Crippen LogP contribution in [0.25, 0.3) is 22.4 Å². The third-order valence-electron chi connectivity index (χ3n) is 2.75. The van der Waals surface area contributed by atoms with Gasteiger partial charge in [-0.15, -0.1) is 0 Å². The molecule has 4 nitrogen and oxygen atoms in total. The molecule has 0 fully saturated rings. The van der Waals surface area contributed by atoms with E-state index < -0.39 is 11.2 Å². The van der Waals surface area contributed by atoms with Crippen LogP contribution in [-0.4, -0.2) is 25.8 Å². The summed E-state index contributed by atoms with van der Waals surface area (Å²) in [6.45, 7) is 0. The summed E-state index contributed by atoms with van der Waals surface area (Å²) in [5, 5.41) is 0. The maximum absolute atomic E-state index is 11.3. The lowest BCUT2D eigenvalue weighted by molar-refractivity contribution is 0.601. The molecule has 1 atom stereocenters. The number of nitrogens with one attached hydrogen (secondary N) is 1. The van der Waals surface area contributed by atoms with Crippen LogP contribution in [-0.2, 0) is 11.2 Å². The first-order chi connectivity index (χ1) is 8.74. The van der Waals surface area contributed by atoms with Gasteiger partial charge in [0.05, 0.1) is 11.7 Å². The van der Waals surface area contributed by atoms with Gasteiger partial charge in [-0.2, -0.15) is 0 Å². The molecule has 2 aromatic heterocycles. The van der Waals surface area contributed by atoms with Crippen molar-refractivity contribution >= 4 is 22.2 Å². The molecule has 3 rings (SSSR count). The van der Waals surface area contributed by atoms with E-state index in [0.29, 0.717) is 0 Å². The molecular weight excluding hydrogens is 246 g/mol. The van der Waals surface area contributed by atoms with Crippen molar-refractivity contribution in [3.63, 3.8) is 0 Å². The van der Waals surface area contributed by atoms with E-state index in [1.807, 2.05) is 30.3 Å². The number of fused-ring (bicyclic) bond motifs is 1. The van der Waals surface area contributed by atoms with Crippen LogP contribution in [0.15, 0.2) is 47.6 Å². The minimum Gasteiger partial charge on any atom is -0.612 e. The zero-order valence-electron chi connectivity index (χ0n) is 9.75. The number of H-pyrrole nitrogens is 1. The van der Waals surface area contributed by atoms with Crippen molar-refractivity contribution in [2.24, 2.45) is 0 Å². The summed E-state index contributed by atoms with van der Waals surface area (Å²) < 4.78 is 11.3. The van der Waals surface area contributed by atoms with Crippen molar-refractivity contribution in [3.05, 3.63) is 42.7 Å². The molecular formula is C13H11N3OS. The van der Waals surface area contributed by atoms with Crippen molar-refractivity contribution in [1.82, 2.24) is 15.0 Å². The number of aromatic nitrogens is 3. The van der Waals surface area contributed by atoms with E-state index >= 15 is 0 Å². The van der Waals surface area contributed by atoms with Crippen LogP contribution in [0.4, 0.5) is 0 Å². The van der Waals surface area contributed by atoms with Gasteiger partial charge < -0.3 is 9.54 Å². The highest BCUT2D eigenvalue weighted by Gasteiger charge is 2.07. The van der Waals surface area contributed by atoms with Crippen LogP contribution < -0.4 is 0 Å². The van der Waals surface area contributed by atoms with Crippen LogP contribution in [0.3, 0.4) is 0 Å². The molecule has 0 aliphatic rings. The molecule has 18 heavy (non-hydrogen) atoms. The van der Waals surface area contributed by atoms with Crippen LogP contribution in [0, 0.1) is 0 Å². The third-order valence-corrected chi connectivity index (χ3v) is 3.68. The zero-order chi connectivity index (χ0) is 12.5. The molecule has 1 aromatic carbocycles. The number of hydrogen-bond acceptors (Lipinski definition) is 3. The van der Waals surface area contributed by atoms with Crippen molar-refractivity contribution < 1.29 is 4.55 Å². The number of pyridine rings is 1. The molecule has 0 aliphatic heterocycles. The zero-order valence-corrected chi connectivity index (χ0v) is 10.6. The fraction of sp³-hybridized carbons (Fsp3) is 0.0769. The van der Waals surface area contributed by atoms with Gasteiger partial charge in [0.15, 0.2) is 4.90 Å². The van der Waals surface area contributed by atoms with Gasteiger partial charge in [0.25, 0.3) is 0 Å². The van der Waals surface area contributed by atoms with E-state index in [2.05, 4.69) is 15.0 Å². The Morgan fingerprint density at radius 3 is 2.61 bits per heavy atom. The highest BCUT2D eigenvalue weighted by Crippen LogP contribution is 2.21. The van der Waals surface area contributed by atoms with Gasteiger partial charge in [-0.05, 0) is 41.5 Å². The molecule has 0 saturated carbocycles. The summed E-state index contributed by atoms with van der Waals surface area (Å²) in [5.74, 6) is 0.798. The second-order valence-electron chi connectivity index (χ2n) is 3.96. The number of imidazole rings is 1. The Hall–Kier alpha value is -1.85. The van der Waals surface area contributed by atoms with Gasteiger partial charge in [0.1, 0.15) is 17.6 Å². The predicted octanol–water partition coefficient (Wildman–Crippen LogP) is 2.36. The first-order valence-electron chi connectivity index (χ1n) is 5.47. The maximum Gasteiger partial charge on any atom is 0.152 e. The van der Waals surface area contributed by atoms with E-state index in [1.54, 1.807) is 18.6 Å². The molecule has 0 amide bonds. The molecule has 0 saturated heterocycles. The maximum atomic E-state index is 11.3. The lowest BCUT2D eigenvalue weighted by atomic mass is 10.2. The lowest BCUT2D eigenvalue weighted by Crippen LogP contribution is -1.96. The highest BCUT2D eigenvalue weighted by molar-refractivity contribution is 7.90. The summed E-state index contributed by atoms with van der Waals surface area (Å²) in [5.41, 5.74) is 2.78. The molecule has 1 N–H and O–H groups in total. The highest BCUT2D eigenvalue weighted by atomic mass is 32.2. The minimum atomic E-state index is -0.949. The Morgan fingerprint density at radius 2 is 1.94 bits per heavy atom. The van der Waals surface area contributed by atoms with Crippen molar-refractivity contribution in [1.29, 1.82) is 0 Å². The normalized spacial score (nSPS) is 12.8. The first kappa shape index (κ1) is 11.3. The van der Waals surface area contributed by atoms with E-state index in [9.17, 15) is 4.55 Å². The number of hydrogen-bond donors (Lipinski definition) is 1. The Balaban J connectivity index is 2.03. The Labute approximate surface area is 107 Å². The Morgan fingerprint density at radius 1 is 1.17 bits per heavy atom. The largest absolute Gasteiger partial charge is 0.612 e. The summed E-state index contributed by atoms with van der Waals surface area (Å²) in [6, 6.07) is 9.44. The first-order valence-corrected chi connectivity index (χ1v) is 7.03. The van der Waals surface area contributed by atoms with Crippen LogP contribution in [0.1, 0.15) is 0 Å². The molecule has 0 radical (unpaired) electrons.